The highest BCUT2D eigenvalue weighted by Crippen LogP contribution is 2.64. The highest BCUT2D eigenvalue weighted by Gasteiger charge is 2.43. The summed E-state index contributed by atoms with van der Waals surface area (Å²) in [6, 6.07) is 21.9. The van der Waals surface area contributed by atoms with Gasteiger partial charge in [-0.25, -0.2) is 4.68 Å². The van der Waals surface area contributed by atoms with E-state index in [-0.39, 0.29) is 12.2 Å². The van der Waals surface area contributed by atoms with Gasteiger partial charge in [-0.05, 0) is 83.2 Å². The SMILES string of the molecule is CC(C)OP(=O)(OC(C)C)C(Nc1sc2c(c1C#N)CCCC2)c1cn(-c2ccccc2)nc1-c1cc2ccccc2o1. The number of aromatic nitrogens is 2. The van der Waals surface area contributed by atoms with Gasteiger partial charge in [-0.2, -0.15) is 10.4 Å². The van der Waals surface area contributed by atoms with Crippen LogP contribution in [0.15, 0.2) is 71.3 Å². The first-order valence-corrected chi connectivity index (χ1v) is 17.1. The lowest BCUT2D eigenvalue weighted by molar-refractivity contribution is 0.138. The highest BCUT2D eigenvalue weighted by molar-refractivity contribution is 7.54. The lowest BCUT2D eigenvalue weighted by Crippen LogP contribution is -2.19. The third kappa shape index (κ3) is 5.93. The van der Waals surface area contributed by atoms with Gasteiger partial charge >= 0.3 is 7.60 Å². The molecule has 10 heteroatoms. The number of nitrogens with one attached hydrogen (secondary N) is 1. The minimum absolute atomic E-state index is 0.389. The van der Waals surface area contributed by atoms with Crippen LogP contribution in [-0.4, -0.2) is 22.0 Å². The maximum atomic E-state index is 15.0. The molecule has 1 aliphatic carbocycles. The van der Waals surface area contributed by atoms with Crippen molar-refractivity contribution in [1.82, 2.24) is 9.78 Å². The number of hydrogen-bond acceptors (Lipinski definition) is 8. The molecule has 0 amide bonds. The average molecular weight is 615 g/mol. The number of nitriles is 1. The van der Waals surface area contributed by atoms with E-state index in [1.807, 2.05) is 94.6 Å². The van der Waals surface area contributed by atoms with Crippen LogP contribution in [0.3, 0.4) is 0 Å². The molecule has 222 valence electrons. The van der Waals surface area contributed by atoms with Crippen LogP contribution >= 0.6 is 18.9 Å². The zero-order valence-electron chi connectivity index (χ0n) is 24.7. The summed E-state index contributed by atoms with van der Waals surface area (Å²) in [5.74, 6) is -0.450. The van der Waals surface area contributed by atoms with E-state index < -0.39 is 13.4 Å². The highest BCUT2D eigenvalue weighted by atomic mass is 32.1. The molecule has 1 atom stereocenters. The molecule has 2 aromatic carbocycles. The van der Waals surface area contributed by atoms with E-state index in [4.69, 9.17) is 18.6 Å². The quantitative estimate of drug-likeness (QED) is 0.156. The van der Waals surface area contributed by atoms with E-state index in [0.717, 1.165) is 47.9 Å². The molecule has 43 heavy (non-hydrogen) atoms. The van der Waals surface area contributed by atoms with E-state index in [0.29, 0.717) is 27.6 Å². The predicted octanol–water partition coefficient (Wildman–Crippen LogP) is 9.25. The van der Waals surface area contributed by atoms with Crippen LogP contribution in [0.1, 0.15) is 67.9 Å². The number of para-hydroxylation sites is 2. The molecule has 6 rings (SSSR count). The monoisotopic (exact) mass is 614 g/mol. The first-order chi connectivity index (χ1) is 20.8. The molecule has 0 fully saturated rings. The molecular weight excluding hydrogens is 579 g/mol. The molecule has 0 radical (unpaired) electrons. The largest absolute Gasteiger partial charge is 0.454 e. The Labute approximate surface area is 255 Å². The van der Waals surface area contributed by atoms with Crippen molar-refractivity contribution < 1.29 is 18.0 Å². The summed E-state index contributed by atoms with van der Waals surface area (Å²) in [6.07, 6.45) is 5.01. The molecule has 0 spiro atoms. The first-order valence-electron chi connectivity index (χ1n) is 14.7. The van der Waals surface area contributed by atoms with Gasteiger partial charge in [0.05, 0.1) is 23.5 Å². The summed E-state index contributed by atoms with van der Waals surface area (Å²) < 4.78 is 35.5. The minimum atomic E-state index is -3.94. The fourth-order valence-corrected chi connectivity index (χ4v) is 9.20. The van der Waals surface area contributed by atoms with Crippen molar-refractivity contribution in [2.45, 2.75) is 71.4 Å². The molecule has 0 saturated heterocycles. The Morgan fingerprint density at radius 1 is 1.02 bits per heavy atom. The third-order valence-corrected chi connectivity index (χ3v) is 11.0. The van der Waals surface area contributed by atoms with Crippen LogP contribution in [0.25, 0.3) is 28.1 Å². The number of fused-ring (bicyclic) bond motifs is 2. The Kier molecular flexibility index (Phi) is 8.30. The molecule has 3 heterocycles. The van der Waals surface area contributed by atoms with Gasteiger partial charge in [0.15, 0.2) is 11.5 Å². The van der Waals surface area contributed by atoms with Gasteiger partial charge in [-0.15, -0.1) is 11.3 Å². The minimum Gasteiger partial charge on any atom is -0.454 e. The topological polar surface area (TPSA) is 102 Å². The van der Waals surface area contributed by atoms with Crippen LogP contribution in [0.5, 0.6) is 0 Å². The van der Waals surface area contributed by atoms with Gasteiger partial charge in [0, 0.05) is 22.0 Å². The molecule has 0 bridgehead atoms. The van der Waals surface area contributed by atoms with Gasteiger partial charge in [0.25, 0.3) is 0 Å². The maximum Gasteiger partial charge on any atom is 0.357 e. The Bertz CT molecular complexity index is 1790. The molecule has 8 nitrogen and oxygen atoms in total. The lowest BCUT2D eigenvalue weighted by Gasteiger charge is -2.30. The second-order valence-corrected chi connectivity index (χ2v) is 14.4. The Morgan fingerprint density at radius 2 is 1.72 bits per heavy atom. The van der Waals surface area contributed by atoms with Crippen molar-refractivity contribution in [3.05, 3.63) is 88.4 Å². The zero-order chi connectivity index (χ0) is 30.1. The normalized spacial score (nSPS) is 14.3. The number of aryl methyl sites for hydroxylation is 1. The van der Waals surface area contributed by atoms with Crippen LogP contribution in [0, 0.1) is 11.3 Å². The lowest BCUT2D eigenvalue weighted by atomic mass is 9.96. The van der Waals surface area contributed by atoms with Crippen molar-refractivity contribution in [3.63, 3.8) is 0 Å². The molecule has 0 saturated carbocycles. The molecule has 0 aliphatic heterocycles. The van der Waals surface area contributed by atoms with Gasteiger partial charge < -0.3 is 18.8 Å². The number of furan rings is 1. The van der Waals surface area contributed by atoms with Crippen molar-refractivity contribution in [2.75, 3.05) is 5.32 Å². The van der Waals surface area contributed by atoms with E-state index in [2.05, 4.69) is 11.4 Å². The molecule has 1 N–H and O–H groups in total. The standard InChI is InChI=1S/C33H35N4O4PS/c1-21(2)40-42(38,41-22(3)4)32(35-33-26(19-34)25-15-9-11-17-30(25)43-33)27-20-37(24-13-6-5-7-14-24)36-31(27)29-18-23-12-8-10-16-28(23)39-29/h5-8,10,12-14,16,18,20-22,32,35H,9,11,15,17H2,1-4H3. The van der Waals surface area contributed by atoms with E-state index in [1.165, 1.54) is 4.88 Å². The first kappa shape index (κ1) is 29.4. The van der Waals surface area contributed by atoms with Crippen molar-refractivity contribution in [2.24, 2.45) is 0 Å². The van der Waals surface area contributed by atoms with Gasteiger partial charge in [-0.1, -0.05) is 36.4 Å². The molecule has 1 unspecified atom stereocenters. The number of anilines is 1. The summed E-state index contributed by atoms with van der Waals surface area (Å²) in [6.45, 7) is 7.36. The summed E-state index contributed by atoms with van der Waals surface area (Å²) in [4.78, 5) is 1.20. The van der Waals surface area contributed by atoms with Crippen LogP contribution in [0.4, 0.5) is 5.00 Å². The van der Waals surface area contributed by atoms with Crippen molar-refractivity contribution in [1.29, 1.82) is 5.26 Å². The van der Waals surface area contributed by atoms with Gasteiger partial charge in [0.1, 0.15) is 22.3 Å². The Morgan fingerprint density at radius 3 is 2.42 bits per heavy atom. The van der Waals surface area contributed by atoms with E-state index >= 15 is 4.57 Å². The fourth-order valence-electron chi connectivity index (χ4n) is 5.56. The van der Waals surface area contributed by atoms with Crippen LogP contribution < -0.4 is 5.32 Å². The number of thiophene rings is 1. The number of nitrogens with zero attached hydrogens (tertiary/aromatic N) is 3. The predicted molar refractivity (Wildman–Crippen MR) is 171 cm³/mol. The van der Waals surface area contributed by atoms with E-state index in [1.54, 1.807) is 16.0 Å². The van der Waals surface area contributed by atoms with Crippen molar-refractivity contribution >= 4 is 34.9 Å². The second kappa shape index (κ2) is 12.1. The average Bonchev–Trinajstić information content (AvgIpc) is 3.70. The van der Waals surface area contributed by atoms with Crippen LogP contribution in [-0.2, 0) is 26.5 Å². The molecule has 3 aromatic heterocycles. The number of hydrogen-bond donors (Lipinski definition) is 1. The molecule has 5 aromatic rings. The van der Waals surface area contributed by atoms with Crippen LogP contribution in [0.2, 0.25) is 0 Å². The number of rotatable bonds is 10. The molecule has 1 aliphatic rings. The number of benzene rings is 2. The fraction of sp³-hybridized carbons (Fsp3) is 0.333. The third-order valence-electron chi connectivity index (χ3n) is 7.30. The molecular formula is C33H35N4O4PS. The van der Waals surface area contributed by atoms with Gasteiger partial charge in [0.2, 0.25) is 0 Å². The van der Waals surface area contributed by atoms with Gasteiger partial charge in [-0.3, -0.25) is 4.57 Å². The Balaban J connectivity index is 1.58. The summed E-state index contributed by atoms with van der Waals surface area (Å²) in [5.41, 5.74) is 4.34. The Hall–Kier alpha value is -3.67. The summed E-state index contributed by atoms with van der Waals surface area (Å²) in [5, 5.41) is 20.4. The zero-order valence-corrected chi connectivity index (χ0v) is 26.5. The van der Waals surface area contributed by atoms with Crippen molar-refractivity contribution in [3.8, 4) is 23.2 Å². The summed E-state index contributed by atoms with van der Waals surface area (Å²) >= 11 is 1.56. The maximum absolute atomic E-state index is 15.0. The smallest absolute Gasteiger partial charge is 0.357 e. The summed E-state index contributed by atoms with van der Waals surface area (Å²) in [7, 11) is -3.94. The second-order valence-electron chi connectivity index (χ2n) is 11.3. The van der Waals surface area contributed by atoms with E-state index in [9.17, 15) is 5.26 Å².